The van der Waals surface area contributed by atoms with E-state index in [0.29, 0.717) is 19.1 Å². The molecule has 0 fully saturated rings. The average molecular weight is 254 g/mol. The van der Waals surface area contributed by atoms with E-state index in [1.54, 1.807) is 12.1 Å². The molecular formula is C14H19FO3. The molecule has 0 unspecified atom stereocenters. The number of halogens is 1. The fourth-order valence-corrected chi connectivity index (χ4v) is 1.29. The number of benzene rings is 1. The zero-order valence-corrected chi connectivity index (χ0v) is 10.8. The van der Waals surface area contributed by atoms with Crippen molar-refractivity contribution in [2.45, 2.75) is 26.9 Å². The summed E-state index contributed by atoms with van der Waals surface area (Å²) < 4.78 is 22.9. The maximum Gasteiger partial charge on any atom is 0.308 e. The fraction of sp³-hybridized carbons (Fsp3) is 0.500. The third-order valence-corrected chi connectivity index (χ3v) is 2.21. The van der Waals surface area contributed by atoms with Crippen LogP contribution in [0, 0.1) is 11.7 Å². The van der Waals surface area contributed by atoms with E-state index in [0.717, 1.165) is 5.56 Å². The lowest BCUT2D eigenvalue weighted by Crippen LogP contribution is -2.10. The lowest BCUT2D eigenvalue weighted by molar-refractivity contribution is -0.146. The molecule has 0 atom stereocenters. The van der Waals surface area contributed by atoms with Gasteiger partial charge in [-0.25, -0.2) is 4.39 Å². The first-order valence-corrected chi connectivity index (χ1v) is 6.05. The molecular weight excluding hydrogens is 235 g/mol. The Bertz CT molecular complexity index is 360. The summed E-state index contributed by atoms with van der Waals surface area (Å²) in [5.74, 6) is -0.143. The van der Waals surface area contributed by atoms with Crippen LogP contribution in [-0.4, -0.2) is 19.2 Å². The third-order valence-electron chi connectivity index (χ3n) is 2.21. The molecule has 0 saturated heterocycles. The van der Waals surface area contributed by atoms with Crippen LogP contribution in [0.25, 0.3) is 0 Å². The Morgan fingerprint density at radius 3 is 2.56 bits per heavy atom. The zero-order chi connectivity index (χ0) is 13.4. The number of rotatable bonds is 7. The Kier molecular flexibility index (Phi) is 6.36. The highest BCUT2D eigenvalue weighted by atomic mass is 19.1. The lowest BCUT2D eigenvalue weighted by Gasteiger charge is -2.07. The van der Waals surface area contributed by atoms with Crippen LogP contribution < -0.4 is 0 Å². The van der Waals surface area contributed by atoms with Gasteiger partial charge in [-0.3, -0.25) is 4.79 Å². The van der Waals surface area contributed by atoms with Crippen molar-refractivity contribution < 1.29 is 18.7 Å². The van der Waals surface area contributed by atoms with E-state index in [9.17, 15) is 9.18 Å². The molecule has 0 saturated carbocycles. The number of carbonyl (C=O) groups excluding carboxylic acids is 1. The minimum Gasteiger partial charge on any atom is -0.461 e. The number of esters is 1. The highest BCUT2D eigenvalue weighted by Gasteiger charge is 2.04. The molecule has 0 amide bonds. The quantitative estimate of drug-likeness (QED) is 0.554. The van der Waals surface area contributed by atoms with Crippen LogP contribution in [0.2, 0.25) is 0 Å². The van der Waals surface area contributed by atoms with Crippen LogP contribution in [0.4, 0.5) is 4.39 Å². The van der Waals surface area contributed by atoms with Crippen LogP contribution in [0.1, 0.15) is 25.8 Å². The van der Waals surface area contributed by atoms with Crippen molar-refractivity contribution in [2.24, 2.45) is 5.92 Å². The molecule has 0 aliphatic rings. The Morgan fingerprint density at radius 2 is 1.94 bits per heavy atom. The highest BCUT2D eigenvalue weighted by molar-refractivity contribution is 5.69. The van der Waals surface area contributed by atoms with Gasteiger partial charge in [0.2, 0.25) is 0 Å². The first-order chi connectivity index (χ1) is 8.58. The molecule has 0 bridgehead atoms. The number of carbonyl (C=O) groups is 1. The van der Waals surface area contributed by atoms with Crippen molar-refractivity contribution in [3.05, 3.63) is 35.6 Å². The van der Waals surface area contributed by atoms with Crippen LogP contribution in [0.15, 0.2) is 24.3 Å². The van der Waals surface area contributed by atoms with Crippen molar-refractivity contribution in [3.63, 3.8) is 0 Å². The molecule has 4 heteroatoms. The standard InChI is InChI=1S/C14H19FO3/c1-11(2)9-17-8-7-14(16)18-10-12-3-5-13(15)6-4-12/h3-6,11H,7-10H2,1-2H3. The van der Waals surface area contributed by atoms with Crippen molar-refractivity contribution in [1.82, 2.24) is 0 Å². The second-order valence-corrected chi connectivity index (χ2v) is 4.51. The predicted molar refractivity (Wildman–Crippen MR) is 66.5 cm³/mol. The van der Waals surface area contributed by atoms with Gasteiger partial charge < -0.3 is 9.47 Å². The van der Waals surface area contributed by atoms with Gasteiger partial charge in [-0.05, 0) is 23.6 Å². The van der Waals surface area contributed by atoms with Crippen molar-refractivity contribution in [2.75, 3.05) is 13.2 Å². The van der Waals surface area contributed by atoms with Gasteiger partial charge in [-0.1, -0.05) is 26.0 Å². The summed E-state index contributed by atoms with van der Waals surface area (Å²) in [4.78, 5) is 11.4. The largest absolute Gasteiger partial charge is 0.461 e. The minimum absolute atomic E-state index is 0.170. The normalized spacial score (nSPS) is 10.7. The van der Waals surface area contributed by atoms with E-state index in [-0.39, 0.29) is 24.8 Å². The summed E-state index contributed by atoms with van der Waals surface area (Å²) in [5, 5.41) is 0. The first kappa shape index (κ1) is 14.6. The molecule has 100 valence electrons. The van der Waals surface area contributed by atoms with Crippen molar-refractivity contribution in [3.8, 4) is 0 Å². The van der Waals surface area contributed by atoms with Gasteiger partial charge in [0.15, 0.2) is 0 Å². The summed E-state index contributed by atoms with van der Waals surface area (Å²) in [5.41, 5.74) is 0.771. The van der Waals surface area contributed by atoms with E-state index in [4.69, 9.17) is 9.47 Å². The van der Waals surface area contributed by atoms with Crippen LogP contribution in [0.3, 0.4) is 0 Å². The maximum atomic E-state index is 12.6. The summed E-state index contributed by atoms with van der Waals surface area (Å²) in [7, 11) is 0. The third kappa shape index (κ3) is 6.35. The van der Waals surface area contributed by atoms with Crippen LogP contribution >= 0.6 is 0 Å². The van der Waals surface area contributed by atoms with Crippen LogP contribution in [-0.2, 0) is 20.9 Å². The van der Waals surface area contributed by atoms with Gasteiger partial charge in [0, 0.05) is 6.61 Å². The molecule has 1 rings (SSSR count). The molecule has 0 heterocycles. The minimum atomic E-state index is -0.303. The second-order valence-electron chi connectivity index (χ2n) is 4.51. The zero-order valence-electron chi connectivity index (χ0n) is 10.8. The summed E-state index contributed by atoms with van der Waals surface area (Å²) >= 11 is 0. The topological polar surface area (TPSA) is 35.5 Å². The maximum absolute atomic E-state index is 12.6. The summed E-state index contributed by atoms with van der Waals surface area (Å²) in [6, 6.07) is 5.87. The Balaban J connectivity index is 2.15. The molecule has 3 nitrogen and oxygen atoms in total. The van der Waals surface area contributed by atoms with Gasteiger partial charge in [-0.15, -0.1) is 0 Å². The van der Waals surface area contributed by atoms with Gasteiger partial charge >= 0.3 is 5.97 Å². The predicted octanol–water partition coefficient (Wildman–Crippen LogP) is 2.93. The van der Waals surface area contributed by atoms with Gasteiger partial charge in [0.25, 0.3) is 0 Å². The molecule has 0 spiro atoms. The smallest absolute Gasteiger partial charge is 0.308 e. The van der Waals surface area contributed by atoms with Crippen molar-refractivity contribution in [1.29, 1.82) is 0 Å². The molecule has 0 aliphatic carbocycles. The second kappa shape index (κ2) is 7.82. The summed E-state index contributed by atoms with van der Waals surface area (Å²) in [6.45, 7) is 5.29. The van der Waals surface area contributed by atoms with Crippen LogP contribution in [0.5, 0.6) is 0 Å². The number of ether oxygens (including phenoxy) is 2. The highest BCUT2D eigenvalue weighted by Crippen LogP contribution is 2.05. The first-order valence-electron chi connectivity index (χ1n) is 6.05. The van der Waals surface area contributed by atoms with Gasteiger partial charge in [-0.2, -0.15) is 0 Å². The molecule has 0 aromatic heterocycles. The molecule has 1 aromatic carbocycles. The van der Waals surface area contributed by atoms with Gasteiger partial charge in [0.05, 0.1) is 13.0 Å². The molecule has 0 aliphatic heterocycles. The Hall–Kier alpha value is -1.42. The Labute approximate surface area is 107 Å². The lowest BCUT2D eigenvalue weighted by atomic mass is 10.2. The average Bonchev–Trinajstić information content (AvgIpc) is 2.34. The van der Waals surface area contributed by atoms with E-state index in [1.807, 2.05) is 13.8 Å². The van der Waals surface area contributed by atoms with E-state index < -0.39 is 0 Å². The van der Waals surface area contributed by atoms with E-state index >= 15 is 0 Å². The fourth-order valence-electron chi connectivity index (χ4n) is 1.29. The molecule has 18 heavy (non-hydrogen) atoms. The number of hydrogen-bond donors (Lipinski definition) is 0. The SMILES string of the molecule is CC(C)COCCC(=O)OCc1ccc(F)cc1. The Morgan fingerprint density at radius 1 is 1.28 bits per heavy atom. The number of hydrogen-bond acceptors (Lipinski definition) is 3. The van der Waals surface area contributed by atoms with Crippen molar-refractivity contribution >= 4 is 5.97 Å². The van der Waals surface area contributed by atoms with E-state index in [2.05, 4.69) is 0 Å². The molecule has 0 N–H and O–H groups in total. The van der Waals surface area contributed by atoms with E-state index in [1.165, 1.54) is 12.1 Å². The molecule has 1 aromatic rings. The summed E-state index contributed by atoms with van der Waals surface area (Å²) in [6.07, 6.45) is 0.244. The van der Waals surface area contributed by atoms with Gasteiger partial charge in [0.1, 0.15) is 12.4 Å². The molecule has 0 radical (unpaired) electrons. The monoisotopic (exact) mass is 254 g/mol.